The van der Waals surface area contributed by atoms with Crippen molar-refractivity contribution in [3.8, 4) is 0 Å². The van der Waals surface area contributed by atoms with Crippen molar-refractivity contribution in [2.75, 3.05) is 33.5 Å². The van der Waals surface area contributed by atoms with Gasteiger partial charge in [-0.2, -0.15) is 0 Å². The van der Waals surface area contributed by atoms with Gasteiger partial charge in [-0.1, -0.05) is 13.0 Å². The van der Waals surface area contributed by atoms with Gasteiger partial charge in [-0.05, 0) is 24.3 Å². The third-order valence-electron chi connectivity index (χ3n) is 3.59. The summed E-state index contributed by atoms with van der Waals surface area (Å²) in [5.41, 5.74) is 0. The van der Waals surface area contributed by atoms with E-state index in [1.165, 1.54) is 4.88 Å². The number of rotatable bonds is 9. The van der Waals surface area contributed by atoms with Crippen molar-refractivity contribution in [1.29, 1.82) is 0 Å². The first-order valence-electron chi connectivity index (χ1n) is 7.44. The van der Waals surface area contributed by atoms with Crippen LogP contribution in [0.15, 0.2) is 17.5 Å². The molecule has 2 unspecified atom stereocenters. The molecule has 1 fully saturated rings. The van der Waals surface area contributed by atoms with Gasteiger partial charge in [0.05, 0.1) is 19.3 Å². The van der Waals surface area contributed by atoms with Gasteiger partial charge in [-0.3, -0.25) is 10.1 Å². The Kier molecular flexibility index (Phi) is 6.63. The van der Waals surface area contributed by atoms with E-state index in [-0.39, 0.29) is 18.1 Å². The average molecular weight is 312 g/mol. The van der Waals surface area contributed by atoms with E-state index in [2.05, 4.69) is 11.4 Å². The minimum absolute atomic E-state index is 0.0152. The molecule has 1 aliphatic rings. The summed E-state index contributed by atoms with van der Waals surface area (Å²) in [4.78, 5) is 15.6. The summed E-state index contributed by atoms with van der Waals surface area (Å²) in [7, 11) is 1.66. The number of amides is 1. The van der Waals surface area contributed by atoms with Crippen molar-refractivity contribution >= 4 is 17.2 Å². The largest absolute Gasteiger partial charge is 0.382 e. The summed E-state index contributed by atoms with van der Waals surface area (Å²) >= 11 is 1.68. The highest BCUT2D eigenvalue weighted by atomic mass is 32.1. The third kappa shape index (κ3) is 4.26. The number of carbonyl (C=O) groups excluding carboxylic acids is 1. The van der Waals surface area contributed by atoms with Crippen LogP contribution >= 0.6 is 11.3 Å². The number of nitrogens with one attached hydrogen (secondary N) is 1. The Morgan fingerprint density at radius 1 is 1.38 bits per heavy atom. The average Bonchev–Trinajstić information content (AvgIpc) is 3.11. The Hall–Kier alpha value is -0.950. The lowest BCUT2D eigenvalue weighted by Gasteiger charge is -2.23. The molecule has 1 aliphatic heterocycles. The quantitative estimate of drug-likeness (QED) is 0.709. The molecule has 6 heteroatoms. The summed E-state index contributed by atoms with van der Waals surface area (Å²) in [6.45, 7) is 4.63. The van der Waals surface area contributed by atoms with Gasteiger partial charge in [-0.25, -0.2) is 0 Å². The molecule has 2 atom stereocenters. The van der Waals surface area contributed by atoms with Crippen LogP contribution in [-0.2, 0) is 14.3 Å². The van der Waals surface area contributed by atoms with Crippen LogP contribution in [0.3, 0.4) is 0 Å². The minimum Gasteiger partial charge on any atom is -0.382 e. The maximum absolute atomic E-state index is 12.4. The molecule has 5 nitrogen and oxygen atoms in total. The summed E-state index contributed by atoms with van der Waals surface area (Å²) < 4.78 is 10.4. The van der Waals surface area contributed by atoms with Crippen LogP contribution in [0, 0.1) is 0 Å². The molecule has 1 saturated heterocycles. The van der Waals surface area contributed by atoms with Crippen LogP contribution < -0.4 is 5.32 Å². The highest BCUT2D eigenvalue weighted by Crippen LogP contribution is 2.29. The Labute approximate surface area is 130 Å². The highest BCUT2D eigenvalue weighted by Gasteiger charge is 2.38. The molecule has 0 radical (unpaired) electrons. The smallest absolute Gasteiger partial charge is 0.241 e. The Morgan fingerprint density at radius 2 is 2.24 bits per heavy atom. The lowest BCUT2D eigenvalue weighted by molar-refractivity contribution is -0.130. The molecule has 1 aromatic rings. The van der Waals surface area contributed by atoms with E-state index >= 15 is 0 Å². The zero-order valence-electron chi connectivity index (χ0n) is 12.7. The van der Waals surface area contributed by atoms with Crippen molar-refractivity contribution in [2.45, 2.75) is 32.0 Å². The molecule has 0 bridgehead atoms. The molecule has 0 saturated carbocycles. The summed E-state index contributed by atoms with van der Waals surface area (Å²) in [5.74, 6) is 0.202. The van der Waals surface area contributed by atoms with E-state index in [1.54, 1.807) is 18.4 Å². The number of carbonyl (C=O) groups is 1. The normalized spacial score (nSPS) is 22.2. The maximum Gasteiger partial charge on any atom is 0.241 e. The topological polar surface area (TPSA) is 50.8 Å². The van der Waals surface area contributed by atoms with Crippen LogP contribution in [-0.4, -0.2) is 50.3 Å². The molecule has 1 N–H and O–H groups in total. The monoisotopic (exact) mass is 312 g/mol. The molecular weight excluding hydrogens is 288 g/mol. The number of hydrogen-bond acceptors (Lipinski definition) is 5. The first kappa shape index (κ1) is 16.4. The number of thiophene rings is 1. The molecule has 2 rings (SSSR count). The standard InChI is InChI=1S/C15H24N2O3S/c1-3-12-15(18)17(7-5-8-20-10-9-19-2)14(16-12)13-6-4-11-21-13/h4,6,11-12,14,16H,3,5,7-10H2,1-2H3. The van der Waals surface area contributed by atoms with E-state index in [1.807, 2.05) is 23.3 Å². The zero-order chi connectivity index (χ0) is 15.1. The Morgan fingerprint density at radius 3 is 2.90 bits per heavy atom. The van der Waals surface area contributed by atoms with E-state index in [4.69, 9.17) is 9.47 Å². The Bertz CT molecular complexity index is 425. The van der Waals surface area contributed by atoms with Gasteiger partial charge in [0.25, 0.3) is 0 Å². The predicted molar refractivity (Wildman–Crippen MR) is 83.3 cm³/mol. The molecule has 1 aromatic heterocycles. The first-order chi connectivity index (χ1) is 10.3. The van der Waals surface area contributed by atoms with Crippen molar-refractivity contribution in [1.82, 2.24) is 10.2 Å². The maximum atomic E-state index is 12.4. The van der Waals surface area contributed by atoms with Crippen molar-refractivity contribution < 1.29 is 14.3 Å². The van der Waals surface area contributed by atoms with E-state index in [0.29, 0.717) is 19.8 Å². The minimum atomic E-state index is -0.0634. The second-order valence-electron chi connectivity index (χ2n) is 5.04. The van der Waals surface area contributed by atoms with E-state index in [0.717, 1.165) is 19.4 Å². The second-order valence-corrected chi connectivity index (χ2v) is 6.02. The van der Waals surface area contributed by atoms with Gasteiger partial charge < -0.3 is 14.4 Å². The number of ether oxygens (including phenoxy) is 2. The fourth-order valence-electron chi connectivity index (χ4n) is 2.47. The number of nitrogens with zero attached hydrogens (tertiary/aromatic N) is 1. The van der Waals surface area contributed by atoms with Crippen molar-refractivity contribution in [2.24, 2.45) is 0 Å². The van der Waals surface area contributed by atoms with Crippen LogP contribution in [0.1, 0.15) is 30.8 Å². The molecule has 1 amide bonds. The third-order valence-corrected chi connectivity index (χ3v) is 4.52. The van der Waals surface area contributed by atoms with Crippen molar-refractivity contribution in [3.05, 3.63) is 22.4 Å². The molecule has 2 heterocycles. The van der Waals surface area contributed by atoms with Crippen LogP contribution in [0.2, 0.25) is 0 Å². The van der Waals surface area contributed by atoms with Crippen LogP contribution in [0.25, 0.3) is 0 Å². The van der Waals surface area contributed by atoms with Gasteiger partial charge in [0.1, 0.15) is 6.17 Å². The number of methoxy groups -OCH3 is 1. The molecule has 0 aliphatic carbocycles. The van der Waals surface area contributed by atoms with E-state index in [9.17, 15) is 4.79 Å². The Balaban J connectivity index is 1.86. The SMILES string of the molecule is CCC1NC(c2cccs2)N(CCCOCCOC)C1=O. The molecule has 0 spiro atoms. The number of hydrogen-bond donors (Lipinski definition) is 1. The van der Waals surface area contributed by atoms with Gasteiger partial charge in [0.15, 0.2) is 0 Å². The second kappa shape index (κ2) is 8.48. The summed E-state index contributed by atoms with van der Waals surface area (Å²) in [5, 5.41) is 5.48. The summed E-state index contributed by atoms with van der Waals surface area (Å²) in [6, 6.07) is 4.04. The fraction of sp³-hybridized carbons (Fsp3) is 0.667. The molecule has 0 aromatic carbocycles. The molecular formula is C15H24N2O3S. The molecule has 118 valence electrons. The van der Waals surface area contributed by atoms with Gasteiger partial charge in [0.2, 0.25) is 5.91 Å². The first-order valence-corrected chi connectivity index (χ1v) is 8.32. The lowest BCUT2D eigenvalue weighted by atomic mass is 10.2. The van der Waals surface area contributed by atoms with Gasteiger partial charge in [0, 0.05) is 25.1 Å². The van der Waals surface area contributed by atoms with E-state index < -0.39 is 0 Å². The lowest BCUT2D eigenvalue weighted by Crippen LogP contribution is -2.32. The van der Waals surface area contributed by atoms with Crippen LogP contribution in [0.4, 0.5) is 0 Å². The fourth-order valence-corrected chi connectivity index (χ4v) is 3.27. The molecule has 21 heavy (non-hydrogen) atoms. The summed E-state index contributed by atoms with van der Waals surface area (Å²) in [6.07, 6.45) is 1.68. The van der Waals surface area contributed by atoms with Crippen LogP contribution in [0.5, 0.6) is 0 Å². The van der Waals surface area contributed by atoms with Gasteiger partial charge >= 0.3 is 0 Å². The highest BCUT2D eigenvalue weighted by molar-refractivity contribution is 7.10. The zero-order valence-corrected chi connectivity index (χ0v) is 13.5. The van der Waals surface area contributed by atoms with Gasteiger partial charge in [-0.15, -0.1) is 11.3 Å². The van der Waals surface area contributed by atoms with Crippen molar-refractivity contribution in [3.63, 3.8) is 0 Å². The predicted octanol–water partition coefficient (Wildman–Crippen LogP) is 2.01.